The van der Waals surface area contributed by atoms with Crippen molar-refractivity contribution >= 4 is 23.5 Å². The van der Waals surface area contributed by atoms with Gasteiger partial charge in [-0.3, -0.25) is 14.2 Å². The number of amides is 1. The van der Waals surface area contributed by atoms with Crippen LogP contribution < -0.4 is 5.32 Å². The molecule has 7 heteroatoms. The van der Waals surface area contributed by atoms with Gasteiger partial charge in [0.05, 0.1) is 5.75 Å². The Balaban J connectivity index is 1.75. The molecule has 0 unspecified atom stereocenters. The first-order valence-corrected chi connectivity index (χ1v) is 11.8. The number of ketones is 1. The number of hydrogen-bond donors (Lipinski definition) is 1. The van der Waals surface area contributed by atoms with Crippen LogP contribution in [0.5, 0.6) is 0 Å². The standard InChI is InChI=1S/C25H30N4O2S/c1-17(2)15-20-7-9-21(10-8-20)23(31)16-32-25-28-27-24(13-14-26-19(4)30)29(25)22-11-5-18(3)6-12-22/h5-12,17H,13-16H2,1-4H3,(H,26,30). The van der Waals surface area contributed by atoms with Crippen LogP contribution in [-0.4, -0.2) is 38.8 Å². The second kappa shape index (κ2) is 11.1. The summed E-state index contributed by atoms with van der Waals surface area (Å²) in [6.45, 7) is 8.38. The highest BCUT2D eigenvalue weighted by atomic mass is 32.2. The van der Waals surface area contributed by atoms with Gasteiger partial charge in [0.2, 0.25) is 5.91 Å². The van der Waals surface area contributed by atoms with Gasteiger partial charge in [-0.2, -0.15) is 0 Å². The number of aryl methyl sites for hydroxylation is 1. The van der Waals surface area contributed by atoms with Crippen molar-refractivity contribution in [2.75, 3.05) is 12.3 Å². The molecule has 1 aromatic heterocycles. The number of benzene rings is 2. The van der Waals surface area contributed by atoms with Crippen LogP contribution in [0.2, 0.25) is 0 Å². The molecule has 0 aliphatic carbocycles. The normalized spacial score (nSPS) is 11.0. The Hall–Kier alpha value is -2.93. The molecule has 0 bridgehead atoms. The van der Waals surface area contributed by atoms with Crippen molar-refractivity contribution in [2.24, 2.45) is 5.92 Å². The molecule has 6 nitrogen and oxygen atoms in total. The van der Waals surface area contributed by atoms with E-state index in [1.165, 1.54) is 24.2 Å². The van der Waals surface area contributed by atoms with E-state index in [0.29, 0.717) is 29.6 Å². The second-order valence-corrected chi connectivity index (χ2v) is 9.25. The van der Waals surface area contributed by atoms with E-state index in [-0.39, 0.29) is 17.4 Å². The first-order chi connectivity index (χ1) is 15.3. The maximum atomic E-state index is 12.8. The molecule has 1 heterocycles. The third kappa shape index (κ3) is 6.53. The zero-order chi connectivity index (χ0) is 23.1. The highest BCUT2D eigenvalue weighted by molar-refractivity contribution is 7.99. The monoisotopic (exact) mass is 450 g/mol. The van der Waals surface area contributed by atoms with Gasteiger partial charge in [0.1, 0.15) is 5.82 Å². The molecule has 0 fully saturated rings. The lowest BCUT2D eigenvalue weighted by molar-refractivity contribution is -0.118. The Morgan fingerprint density at radius 3 is 2.34 bits per heavy atom. The number of rotatable bonds is 10. The predicted octanol–water partition coefficient (Wildman–Crippen LogP) is 4.43. The number of thioether (sulfide) groups is 1. The summed E-state index contributed by atoms with van der Waals surface area (Å²) < 4.78 is 1.96. The number of aromatic nitrogens is 3. The zero-order valence-corrected chi connectivity index (χ0v) is 19.9. The Morgan fingerprint density at radius 1 is 1.03 bits per heavy atom. The minimum atomic E-state index is -0.0778. The minimum absolute atomic E-state index is 0.0596. The van der Waals surface area contributed by atoms with Gasteiger partial charge in [-0.25, -0.2) is 0 Å². The highest BCUT2D eigenvalue weighted by Gasteiger charge is 2.16. The quantitative estimate of drug-likeness (QED) is 0.365. The first kappa shape index (κ1) is 23.7. The third-order valence-corrected chi connectivity index (χ3v) is 5.90. The lowest BCUT2D eigenvalue weighted by Crippen LogP contribution is -2.23. The molecule has 0 radical (unpaired) electrons. The fourth-order valence-electron chi connectivity index (χ4n) is 3.37. The molecule has 0 saturated heterocycles. The van der Waals surface area contributed by atoms with Crippen molar-refractivity contribution in [1.29, 1.82) is 0 Å². The molecule has 0 saturated carbocycles. The van der Waals surface area contributed by atoms with Crippen LogP contribution in [0.25, 0.3) is 5.69 Å². The topological polar surface area (TPSA) is 76.9 Å². The van der Waals surface area contributed by atoms with Crippen molar-refractivity contribution in [3.8, 4) is 5.69 Å². The van der Waals surface area contributed by atoms with E-state index >= 15 is 0 Å². The van der Waals surface area contributed by atoms with Crippen molar-refractivity contribution in [2.45, 2.75) is 45.7 Å². The number of Topliss-reactive ketones (excluding diaryl/α,β-unsaturated/α-hetero) is 1. The fourth-order valence-corrected chi connectivity index (χ4v) is 4.24. The molecule has 3 rings (SSSR count). The Morgan fingerprint density at radius 2 is 1.72 bits per heavy atom. The van der Waals surface area contributed by atoms with Gasteiger partial charge in [-0.1, -0.05) is 67.6 Å². The number of nitrogens with one attached hydrogen (secondary N) is 1. The van der Waals surface area contributed by atoms with Crippen LogP contribution in [0.15, 0.2) is 53.7 Å². The van der Waals surface area contributed by atoms with Crippen LogP contribution >= 0.6 is 11.8 Å². The lowest BCUT2D eigenvalue weighted by Gasteiger charge is -2.11. The molecule has 1 N–H and O–H groups in total. The van der Waals surface area contributed by atoms with Crippen LogP contribution in [0.4, 0.5) is 0 Å². The van der Waals surface area contributed by atoms with Crippen LogP contribution in [0.1, 0.15) is 48.1 Å². The van der Waals surface area contributed by atoms with E-state index in [1.54, 1.807) is 0 Å². The summed E-state index contributed by atoms with van der Waals surface area (Å²) in [6.07, 6.45) is 1.55. The maximum Gasteiger partial charge on any atom is 0.216 e. The molecule has 1 amide bonds. The summed E-state index contributed by atoms with van der Waals surface area (Å²) in [4.78, 5) is 24.0. The van der Waals surface area contributed by atoms with Gasteiger partial charge >= 0.3 is 0 Å². The molecule has 2 aromatic carbocycles. The van der Waals surface area contributed by atoms with E-state index in [4.69, 9.17) is 0 Å². The number of carbonyl (C=O) groups excluding carboxylic acids is 2. The molecule has 0 atom stereocenters. The third-order valence-electron chi connectivity index (χ3n) is 4.97. The average molecular weight is 451 g/mol. The molecular weight excluding hydrogens is 420 g/mol. The Labute approximate surface area is 193 Å². The average Bonchev–Trinajstić information content (AvgIpc) is 3.15. The predicted molar refractivity (Wildman–Crippen MR) is 129 cm³/mol. The first-order valence-electron chi connectivity index (χ1n) is 10.8. The van der Waals surface area contributed by atoms with E-state index in [9.17, 15) is 9.59 Å². The number of nitrogens with zero attached hydrogens (tertiary/aromatic N) is 3. The van der Waals surface area contributed by atoms with Crippen LogP contribution in [0, 0.1) is 12.8 Å². The zero-order valence-electron chi connectivity index (χ0n) is 19.1. The summed E-state index contributed by atoms with van der Waals surface area (Å²) in [5.41, 5.74) is 4.04. The second-order valence-electron chi connectivity index (χ2n) is 8.31. The maximum absolute atomic E-state index is 12.8. The van der Waals surface area contributed by atoms with E-state index in [2.05, 4.69) is 29.4 Å². The van der Waals surface area contributed by atoms with Crippen molar-refractivity contribution in [3.05, 3.63) is 71.0 Å². The van der Waals surface area contributed by atoms with Gasteiger partial charge in [-0.15, -0.1) is 10.2 Å². The van der Waals surface area contributed by atoms with Gasteiger partial charge in [0, 0.05) is 31.1 Å². The molecule has 0 aliphatic heterocycles. The van der Waals surface area contributed by atoms with Crippen molar-refractivity contribution in [3.63, 3.8) is 0 Å². The van der Waals surface area contributed by atoms with Gasteiger partial charge in [-0.05, 0) is 37.0 Å². The lowest BCUT2D eigenvalue weighted by atomic mass is 10.0. The summed E-state index contributed by atoms with van der Waals surface area (Å²) >= 11 is 1.38. The van der Waals surface area contributed by atoms with Crippen LogP contribution in [-0.2, 0) is 17.6 Å². The molecule has 32 heavy (non-hydrogen) atoms. The Kier molecular flexibility index (Phi) is 8.22. The molecule has 168 valence electrons. The van der Waals surface area contributed by atoms with Crippen molar-refractivity contribution in [1.82, 2.24) is 20.1 Å². The number of carbonyl (C=O) groups is 2. The van der Waals surface area contributed by atoms with Crippen LogP contribution in [0.3, 0.4) is 0 Å². The van der Waals surface area contributed by atoms with Gasteiger partial charge in [0.15, 0.2) is 10.9 Å². The fraction of sp³-hybridized carbons (Fsp3) is 0.360. The summed E-state index contributed by atoms with van der Waals surface area (Å²) in [7, 11) is 0. The number of hydrogen-bond acceptors (Lipinski definition) is 5. The summed E-state index contributed by atoms with van der Waals surface area (Å²) in [5.74, 6) is 1.59. The van der Waals surface area contributed by atoms with E-state index in [0.717, 1.165) is 23.5 Å². The Bertz CT molecular complexity index is 1060. The SMILES string of the molecule is CC(=O)NCCc1nnc(SCC(=O)c2ccc(CC(C)C)cc2)n1-c1ccc(C)cc1. The molecule has 3 aromatic rings. The summed E-state index contributed by atoms with van der Waals surface area (Å²) in [5, 5.41) is 12.1. The van der Waals surface area contributed by atoms with E-state index < -0.39 is 0 Å². The van der Waals surface area contributed by atoms with E-state index in [1.807, 2.05) is 60.0 Å². The minimum Gasteiger partial charge on any atom is -0.356 e. The highest BCUT2D eigenvalue weighted by Crippen LogP contribution is 2.24. The van der Waals surface area contributed by atoms with Gasteiger partial charge in [0.25, 0.3) is 0 Å². The molecular formula is C25H30N4O2S. The van der Waals surface area contributed by atoms with Gasteiger partial charge < -0.3 is 5.32 Å². The largest absolute Gasteiger partial charge is 0.356 e. The molecule has 0 spiro atoms. The van der Waals surface area contributed by atoms with Crippen molar-refractivity contribution < 1.29 is 9.59 Å². The molecule has 0 aliphatic rings. The summed E-state index contributed by atoms with van der Waals surface area (Å²) in [6, 6.07) is 16.0. The smallest absolute Gasteiger partial charge is 0.216 e.